The number of nitrogen functional groups attached to an aromatic ring is 1. The number of hydrogen-bond acceptors (Lipinski definition) is 8. The van der Waals surface area contributed by atoms with E-state index in [-0.39, 0.29) is 28.6 Å². The van der Waals surface area contributed by atoms with Crippen LogP contribution in [0.2, 0.25) is 0 Å². The minimum absolute atomic E-state index is 0.0130. The highest BCUT2D eigenvalue weighted by Gasteiger charge is 2.38. The fourth-order valence-corrected chi connectivity index (χ4v) is 4.85. The molecule has 0 aliphatic rings. The quantitative estimate of drug-likeness (QED) is 0.286. The van der Waals surface area contributed by atoms with E-state index in [4.69, 9.17) is 20.6 Å². The van der Waals surface area contributed by atoms with Crippen molar-refractivity contribution in [3.8, 4) is 5.75 Å². The molecule has 3 amide bonds. The number of methoxy groups -OCH3 is 1. The van der Waals surface area contributed by atoms with E-state index in [9.17, 15) is 14.4 Å². The summed E-state index contributed by atoms with van der Waals surface area (Å²) in [5.41, 5.74) is 14.2. The predicted molar refractivity (Wildman–Crippen MR) is 149 cm³/mol. The first-order valence-corrected chi connectivity index (χ1v) is 12.8. The van der Waals surface area contributed by atoms with Crippen LogP contribution in [0.15, 0.2) is 59.0 Å². The molecule has 4 rings (SSSR count). The Morgan fingerprint density at radius 2 is 1.79 bits per heavy atom. The molecule has 2 heterocycles. The third-order valence-corrected chi connectivity index (χ3v) is 7.22. The number of nitrogens with two attached hydrogens (primary N) is 2. The van der Waals surface area contributed by atoms with Gasteiger partial charge in [-0.15, -0.1) is 0 Å². The topological polar surface area (TPSA) is 154 Å². The molecule has 0 aliphatic carbocycles. The van der Waals surface area contributed by atoms with Crippen molar-refractivity contribution in [2.75, 3.05) is 17.7 Å². The summed E-state index contributed by atoms with van der Waals surface area (Å²) < 4.78 is 15.1. The Morgan fingerprint density at radius 1 is 1.08 bits per heavy atom. The van der Waals surface area contributed by atoms with Gasteiger partial charge in [0.05, 0.1) is 12.8 Å². The van der Waals surface area contributed by atoms with Gasteiger partial charge in [0, 0.05) is 12.2 Å². The summed E-state index contributed by atoms with van der Waals surface area (Å²) in [5.74, 6) is -0.431. The fraction of sp³-hybridized carbons (Fsp3) is 0.214. The number of aryl methyl sites for hydroxylation is 2. The first-order chi connectivity index (χ1) is 18.6. The molecule has 11 heteroatoms. The Balaban J connectivity index is 1.81. The molecule has 1 atom stereocenters. The largest absolute Gasteiger partial charge is 0.497 e. The van der Waals surface area contributed by atoms with Crippen LogP contribution >= 0.6 is 11.5 Å². The van der Waals surface area contributed by atoms with E-state index in [1.54, 1.807) is 50.4 Å². The van der Waals surface area contributed by atoms with Gasteiger partial charge >= 0.3 is 0 Å². The molecule has 0 aliphatic heterocycles. The zero-order valence-electron chi connectivity index (χ0n) is 22.0. The molecule has 202 valence electrons. The summed E-state index contributed by atoms with van der Waals surface area (Å²) in [4.78, 5) is 41.2. The van der Waals surface area contributed by atoms with E-state index in [0.29, 0.717) is 17.2 Å². The van der Waals surface area contributed by atoms with Crippen LogP contribution in [-0.4, -0.2) is 29.2 Å². The van der Waals surface area contributed by atoms with Gasteiger partial charge in [0.15, 0.2) is 11.7 Å². The SMILES string of the molecule is COc1ccc(CNC(=O)C(c2ccc(C)o2)N(C(=O)c2snc(C(N)=O)c2N)c2cccc(C)c2C)cc1. The Morgan fingerprint density at radius 3 is 2.38 bits per heavy atom. The number of primary amides is 1. The summed E-state index contributed by atoms with van der Waals surface area (Å²) in [6.45, 7) is 5.71. The molecule has 0 saturated heterocycles. The average Bonchev–Trinajstić information content (AvgIpc) is 3.52. The molecule has 0 radical (unpaired) electrons. The second-order valence-electron chi connectivity index (χ2n) is 8.95. The molecule has 4 aromatic rings. The van der Waals surface area contributed by atoms with Crippen LogP contribution in [0, 0.1) is 20.8 Å². The second kappa shape index (κ2) is 11.4. The number of hydrogen-bond donors (Lipinski definition) is 3. The number of ether oxygens (including phenoxy) is 1. The maximum atomic E-state index is 14.2. The standard InChI is InChI=1S/C28H29N5O5S/c1-15-6-5-7-20(17(15)3)33(28(36)25-22(29)23(26(30)34)32-39-25)24(21-13-8-16(2)38-21)27(35)31-14-18-9-11-19(37-4)12-10-18/h5-13,24H,14,29H2,1-4H3,(H2,30,34)(H,31,35). The fourth-order valence-electron chi connectivity index (χ4n) is 4.10. The van der Waals surface area contributed by atoms with Crippen molar-refractivity contribution in [1.29, 1.82) is 0 Å². The number of nitrogens with one attached hydrogen (secondary N) is 1. The molecule has 10 nitrogen and oxygen atoms in total. The van der Waals surface area contributed by atoms with E-state index < -0.39 is 23.8 Å². The van der Waals surface area contributed by atoms with Gasteiger partial charge in [-0.25, -0.2) is 0 Å². The van der Waals surface area contributed by atoms with Gasteiger partial charge in [-0.2, -0.15) is 4.37 Å². The average molecular weight is 548 g/mol. The van der Waals surface area contributed by atoms with E-state index in [1.807, 2.05) is 32.0 Å². The lowest BCUT2D eigenvalue weighted by molar-refractivity contribution is -0.123. The van der Waals surface area contributed by atoms with Gasteiger partial charge in [-0.1, -0.05) is 24.3 Å². The molecule has 0 spiro atoms. The number of furan rings is 1. The van der Waals surface area contributed by atoms with E-state index >= 15 is 0 Å². The molecule has 0 bridgehead atoms. The van der Waals surface area contributed by atoms with Crippen molar-refractivity contribution < 1.29 is 23.5 Å². The monoisotopic (exact) mass is 547 g/mol. The van der Waals surface area contributed by atoms with Crippen molar-refractivity contribution >= 4 is 40.6 Å². The van der Waals surface area contributed by atoms with Crippen LogP contribution < -0.4 is 26.4 Å². The number of anilines is 2. The van der Waals surface area contributed by atoms with Crippen LogP contribution in [0.5, 0.6) is 5.75 Å². The Labute approximate surface area is 229 Å². The number of rotatable bonds is 9. The summed E-state index contributed by atoms with van der Waals surface area (Å²) in [6, 6.07) is 14.9. The molecular weight excluding hydrogens is 518 g/mol. The zero-order chi connectivity index (χ0) is 28.3. The van der Waals surface area contributed by atoms with Crippen LogP contribution in [0.1, 0.15) is 54.4 Å². The molecule has 0 fully saturated rings. The highest BCUT2D eigenvalue weighted by atomic mass is 32.1. The van der Waals surface area contributed by atoms with Crippen LogP contribution in [0.4, 0.5) is 11.4 Å². The Hall–Kier alpha value is -4.64. The van der Waals surface area contributed by atoms with Gasteiger partial charge < -0.3 is 25.9 Å². The van der Waals surface area contributed by atoms with Crippen LogP contribution in [0.25, 0.3) is 0 Å². The third-order valence-electron chi connectivity index (χ3n) is 6.37. The lowest BCUT2D eigenvalue weighted by Crippen LogP contribution is -2.44. The number of aromatic nitrogens is 1. The minimum Gasteiger partial charge on any atom is -0.497 e. The highest BCUT2D eigenvalue weighted by Crippen LogP contribution is 2.36. The number of benzene rings is 2. The zero-order valence-corrected chi connectivity index (χ0v) is 22.8. The first-order valence-electron chi connectivity index (χ1n) is 12.0. The normalized spacial score (nSPS) is 11.6. The summed E-state index contributed by atoms with van der Waals surface area (Å²) in [6.07, 6.45) is 0. The van der Waals surface area contributed by atoms with Crippen molar-refractivity contribution in [3.05, 3.63) is 93.4 Å². The maximum Gasteiger partial charge on any atom is 0.273 e. The lowest BCUT2D eigenvalue weighted by Gasteiger charge is -2.31. The molecule has 2 aromatic carbocycles. The van der Waals surface area contributed by atoms with Crippen LogP contribution in [-0.2, 0) is 11.3 Å². The Bertz CT molecular complexity index is 1530. The van der Waals surface area contributed by atoms with E-state index in [1.165, 1.54) is 4.90 Å². The summed E-state index contributed by atoms with van der Waals surface area (Å²) in [5, 5.41) is 2.92. The second-order valence-corrected chi connectivity index (χ2v) is 9.72. The van der Waals surface area contributed by atoms with Crippen LogP contribution in [0.3, 0.4) is 0 Å². The van der Waals surface area contributed by atoms with Crippen molar-refractivity contribution in [3.63, 3.8) is 0 Å². The van der Waals surface area contributed by atoms with Gasteiger partial charge in [-0.05, 0) is 79.3 Å². The van der Waals surface area contributed by atoms with Gasteiger partial charge in [0.1, 0.15) is 22.1 Å². The lowest BCUT2D eigenvalue weighted by atomic mass is 10.0. The molecule has 5 N–H and O–H groups in total. The summed E-state index contributed by atoms with van der Waals surface area (Å²) >= 11 is 0.748. The number of carbonyl (C=O) groups excluding carboxylic acids is 3. The van der Waals surface area contributed by atoms with Crippen molar-refractivity contribution in [1.82, 2.24) is 9.69 Å². The predicted octanol–water partition coefficient (Wildman–Crippen LogP) is 4.06. The number of carbonyl (C=O) groups is 3. The Kier molecular flexibility index (Phi) is 8.01. The molecule has 39 heavy (non-hydrogen) atoms. The third kappa shape index (κ3) is 5.63. The highest BCUT2D eigenvalue weighted by molar-refractivity contribution is 7.09. The molecule has 1 unspecified atom stereocenters. The van der Waals surface area contributed by atoms with Gasteiger partial charge in [-0.3, -0.25) is 19.3 Å². The minimum atomic E-state index is -1.21. The van der Waals surface area contributed by atoms with Gasteiger partial charge in [0.25, 0.3) is 17.7 Å². The summed E-state index contributed by atoms with van der Waals surface area (Å²) in [7, 11) is 1.58. The van der Waals surface area contributed by atoms with Crippen molar-refractivity contribution in [2.24, 2.45) is 5.73 Å². The molecular formula is C28H29N5O5S. The first kappa shape index (κ1) is 27.4. The molecule has 2 aromatic heterocycles. The van der Waals surface area contributed by atoms with E-state index in [0.717, 1.165) is 28.2 Å². The number of amides is 3. The van der Waals surface area contributed by atoms with E-state index in [2.05, 4.69) is 9.69 Å². The van der Waals surface area contributed by atoms with Gasteiger partial charge in [0.2, 0.25) is 0 Å². The smallest absolute Gasteiger partial charge is 0.273 e. The number of nitrogens with zero attached hydrogens (tertiary/aromatic N) is 2. The van der Waals surface area contributed by atoms with Crippen molar-refractivity contribution in [2.45, 2.75) is 33.4 Å². The maximum absolute atomic E-state index is 14.2. The molecule has 0 saturated carbocycles.